The molecule has 0 bridgehead atoms. The molecule has 8 heteroatoms. The highest BCUT2D eigenvalue weighted by atomic mass is 32.2. The van der Waals surface area contributed by atoms with Crippen molar-refractivity contribution in [2.24, 2.45) is 0 Å². The fourth-order valence-electron chi connectivity index (χ4n) is 4.04. The Labute approximate surface area is 220 Å². The van der Waals surface area contributed by atoms with E-state index >= 15 is 0 Å². The maximum absolute atomic E-state index is 13.8. The minimum atomic E-state index is -4.05. The van der Waals surface area contributed by atoms with Gasteiger partial charge in [0.2, 0.25) is 11.8 Å². The molecule has 0 aliphatic carbocycles. The van der Waals surface area contributed by atoms with Gasteiger partial charge in [0.1, 0.15) is 12.6 Å². The zero-order valence-electron chi connectivity index (χ0n) is 21.8. The molecule has 0 heterocycles. The molecule has 1 atom stereocenters. The molecular formula is C29H35N3O4S. The highest BCUT2D eigenvalue weighted by molar-refractivity contribution is 7.92. The van der Waals surface area contributed by atoms with Crippen LogP contribution in [0.4, 0.5) is 5.69 Å². The number of carbonyl (C=O) groups excluding carboxylic acids is 2. The van der Waals surface area contributed by atoms with Crippen LogP contribution in [0.1, 0.15) is 30.5 Å². The van der Waals surface area contributed by atoms with Crippen molar-refractivity contribution in [3.8, 4) is 0 Å². The molecule has 3 aromatic carbocycles. The van der Waals surface area contributed by atoms with E-state index in [1.165, 1.54) is 4.90 Å². The van der Waals surface area contributed by atoms with Crippen molar-refractivity contribution in [2.75, 3.05) is 23.9 Å². The molecular weight excluding hydrogens is 486 g/mol. The summed E-state index contributed by atoms with van der Waals surface area (Å²) in [6.07, 6.45) is 0.533. The Bertz CT molecular complexity index is 1310. The van der Waals surface area contributed by atoms with Crippen LogP contribution in [0.25, 0.3) is 0 Å². The van der Waals surface area contributed by atoms with Crippen LogP contribution in [0, 0.1) is 13.8 Å². The van der Waals surface area contributed by atoms with Gasteiger partial charge in [0, 0.05) is 13.1 Å². The molecule has 1 N–H and O–H groups in total. The summed E-state index contributed by atoms with van der Waals surface area (Å²) in [6, 6.07) is 22.5. The van der Waals surface area contributed by atoms with Crippen LogP contribution >= 0.6 is 0 Å². The van der Waals surface area contributed by atoms with E-state index in [0.717, 1.165) is 21.0 Å². The monoisotopic (exact) mass is 521 g/mol. The van der Waals surface area contributed by atoms with E-state index in [-0.39, 0.29) is 17.3 Å². The van der Waals surface area contributed by atoms with Gasteiger partial charge in [-0.2, -0.15) is 0 Å². The Morgan fingerprint density at radius 1 is 0.892 bits per heavy atom. The minimum Gasteiger partial charge on any atom is -0.355 e. The first kappa shape index (κ1) is 27.9. The molecule has 196 valence electrons. The zero-order valence-corrected chi connectivity index (χ0v) is 22.7. The van der Waals surface area contributed by atoms with E-state index < -0.39 is 28.5 Å². The standard InChI is InChI=1S/C29H35N3O4S/c1-5-30-29(34)24(4)31(19-18-25-11-7-6-8-12-25)28(33)21-32(26-13-9-10-23(3)20-26)37(35,36)27-16-14-22(2)15-17-27/h6-17,20,24H,5,18-19,21H2,1-4H3,(H,30,34)/t24-/m1/s1. The molecule has 0 fully saturated rings. The molecule has 3 aromatic rings. The van der Waals surface area contributed by atoms with Crippen molar-refractivity contribution < 1.29 is 18.0 Å². The average Bonchev–Trinajstić information content (AvgIpc) is 2.88. The molecule has 0 unspecified atom stereocenters. The Kier molecular flexibility index (Phi) is 9.47. The number of aryl methyl sites for hydroxylation is 2. The molecule has 7 nitrogen and oxygen atoms in total. The number of hydrogen-bond donors (Lipinski definition) is 1. The lowest BCUT2D eigenvalue weighted by molar-refractivity contribution is -0.138. The smallest absolute Gasteiger partial charge is 0.264 e. The van der Waals surface area contributed by atoms with Crippen LogP contribution in [0.2, 0.25) is 0 Å². The van der Waals surface area contributed by atoms with Crippen LogP contribution in [-0.4, -0.2) is 50.8 Å². The number of benzene rings is 3. The number of sulfonamides is 1. The highest BCUT2D eigenvalue weighted by Gasteiger charge is 2.32. The molecule has 0 saturated heterocycles. The summed E-state index contributed by atoms with van der Waals surface area (Å²) in [5, 5.41) is 2.77. The predicted octanol–water partition coefficient (Wildman–Crippen LogP) is 4.09. The number of likely N-dealkylation sites (N-methyl/N-ethyl adjacent to an activating group) is 1. The lowest BCUT2D eigenvalue weighted by atomic mass is 10.1. The second-order valence-electron chi connectivity index (χ2n) is 9.06. The first-order valence-electron chi connectivity index (χ1n) is 12.4. The predicted molar refractivity (Wildman–Crippen MR) is 147 cm³/mol. The topological polar surface area (TPSA) is 86.8 Å². The summed E-state index contributed by atoms with van der Waals surface area (Å²) in [4.78, 5) is 28.0. The lowest BCUT2D eigenvalue weighted by Gasteiger charge is -2.32. The summed E-state index contributed by atoms with van der Waals surface area (Å²) in [6.45, 7) is 7.50. The van der Waals surface area contributed by atoms with Crippen LogP contribution in [-0.2, 0) is 26.0 Å². The second kappa shape index (κ2) is 12.5. The quantitative estimate of drug-likeness (QED) is 0.412. The average molecular weight is 522 g/mol. The number of amides is 2. The Hall–Kier alpha value is -3.65. The Balaban J connectivity index is 1.97. The van der Waals surface area contributed by atoms with Gasteiger partial charge in [0.15, 0.2) is 0 Å². The number of hydrogen-bond acceptors (Lipinski definition) is 4. The van der Waals surface area contributed by atoms with Crippen molar-refractivity contribution in [1.29, 1.82) is 0 Å². The van der Waals surface area contributed by atoms with Crippen molar-refractivity contribution >= 4 is 27.5 Å². The van der Waals surface area contributed by atoms with Crippen molar-refractivity contribution in [3.05, 3.63) is 95.6 Å². The maximum Gasteiger partial charge on any atom is 0.264 e. The fraction of sp³-hybridized carbons (Fsp3) is 0.310. The molecule has 0 aliphatic heterocycles. The maximum atomic E-state index is 13.8. The van der Waals surface area contributed by atoms with E-state index in [1.807, 2.05) is 57.2 Å². The third kappa shape index (κ3) is 7.20. The third-order valence-corrected chi connectivity index (χ3v) is 7.97. The number of anilines is 1. The summed E-state index contributed by atoms with van der Waals surface area (Å²) >= 11 is 0. The van der Waals surface area contributed by atoms with Crippen LogP contribution in [0.3, 0.4) is 0 Å². The Morgan fingerprint density at radius 3 is 2.19 bits per heavy atom. The summed E-state index contributed by atoms with van der Waals surface area (Å²) in [7, 11) is -4.05. The van der Waals surface area contributed by atoms with Crippen molar-refractivity contribution in [2.45, 2.75) is 45.1 Å². The molecule has 0 radical (unpaired) electrons. The molecule has 2 amide bonds. The third-order valence-electron chi connectivity index (χ3n) is 6.18. The molecule has 0 saturated carbocycles. The van der Waals surface area contributed by atoms with Gasteiger partial charge in [-0.3, -0.25) is 13.9 Å². The van der Waals surface area contributed by atoms with E-state index in [4.69, 9.17) is 0 Å². The van der Waals surface area contributed by atoms with Gasteiger partial charge in [-0.1, -0.05) is 60.2 Å². The molecule has 0 aromatic heterocycles. The number of carbonyl (C=O) groups is 2. The summed E-state index contributed by atoms with van der Waals surface area (Å²) in [5.74, 6) is -0.737. The van der Waals surface area contributed by atoms with E-state index in [0.29, 0.717) is 18.7 Å². The lowest BCUT2D eigenvalue weighted by Crippen LogP contribution is -2.52. The number of rotatable bonds is 11. The van der Waals surface area contributed by atoms with E-state index in [1.54, 1.807) is 49.4 Å². The highest BCUT2D eigenvalue weighted by Crippen LogP contribution is 2.25. The van der Waals surface area contributed by atoms with Crippen LogP contribution in [0.15, 0.2) is 83.8 Å². The van der Waals surface area contributed by atoms with E-state index in [2.05, 4.69) is 5.32 Å². The summed E-state index contributed by atoms with van der Waals surface area (Å²) in [5.41, 5.74) is 3.21. The van der Waals surface area contributed by atoms with Gasteiger partial charge in [-0.05, 0) is 69.5 Å². The van der Waals surface area contributed by atoms with Gasteiger partial charge in [0.05, 0.1) is 10.6 Å². The Morgan fingerprint density at radius 2 is 1.57 bits per heavy atom. The van der Waals surface area contributed by atoms with Gasteiger partial charge in [0.25, 0.3) is 10.0 Å². The van der Waals surface area contributed by atoms with Gasteiger partial charge in [-0.15, -0.1) is 0 Å². The first-order valence-corrected chi connectivity index (χ1v) is 13.8. The molecule has 0 spiro atoms. The van der Waals surface area contributed by atoms with Gasteiger partial charge < -0.3 is 10.2 Å². The van der Waals surface area contributed by atoms with Crippen LogP contribution in [0.5, 0.6) is 0 Å². The summed E-state index contributed by atoms with van der Waals surface area (Å²) < 4.78 is 28.7. The molecule has 37 heavy (non-hydrogen) atoms. The largest absolute Gasteiger partial charge is 0.355 e. The SMILES string of the molecule is CCNC(=O)[C@@H](C)N(CCc1ccccc1)C(=O)CN(c1cccc(C)c1)S(=O)(=O)c1ccc(C)cc1. The molecule has 0 aliphatic rings. The molecule has 3 rings (SSSR count). The zero-order chi connectivity index (χ0) is 27.0. The van der Waals surface area contributed by atoms with Gasteiger partial charge in [-0.25, -0.2) is 8.42 Å². The van der Waals surface area contributed by atoms with Crippen molar-refractivity contribution in [3.63, 3.8) is 0 Å². The number of nitrogens with one attached hydrogen (secondary N) is 1. The van der Waals surface area contributed by atoms with E-state index in [9.17, 15) is 18.0 Å². The van der Waals surface area contributed by atoms with Crippen molar-refractivity contribution in [1.82, 2.24) is 10.2 Å². The normalized spacial score (nSPS) is 12.0. The number of nitrogens with zero attached hydrogens (tertiary/aromatic N) is 2. The first-order chi connectivity index (χ1) is 17.6. The fourth-order valence-corrected chi connectivity index (χ4v) is 5.45. The van der Waals surface area contributed by atoms with Crippen LogP contribution < -0.4 is 9.62 Å². The second-order valence-corrected chi connectivity index (χ2v) is 10.9. The minimum absolute atomic E-state index is 0.0972. The van der Waals surface area contributed by atoms with Gasteiger partial charge >= 0.3 is 0 Å².